The molecular formula is C16H27NO3. The molecule has 0 amide bonds. The van der Waals surface area contributed by atoms with Crippen LogP contribution in [0, 0.1) is 0 Å². The molecule has 1 atom stereocenters. The fraction of sp³-hybridized carbons (Fsp3) is 0.625. The average Bonchev–Trinajstić information content (AvgIpc) is 2.46. The van der Waals surface area contributed by atoms with Gasteiger partial charge in [0.25, 0.3) is 0 Å². The highest BCUT2D eigenvalue weighted by Crippen LogP contribution is 2.26. The maximum absolute atomic E-state index is 9.08. The van der Waals surface area contributed by atoms with Crippen LogP contribution in [0.2, 0.25) is 0 Å². The lowest BCUT2D eigenvalue weighted by atomic mass is 9.95. The van der Waals surface area contributed by atoms with E-state index in [1.165, 1.54) is 0 Å². The number of nitrogens with one attached hydrogen (secondary N) is 1. The summed E-state index contributed by atoms with van der Waals surface area (Å²) in [5, 5.41) is 12.5. The largest absolute Gasteiger partial charge is 0.490 e. The van der Waals surface area contributed by atoms with Gasteiger partial charge in [0.1, 0.15) is 6.61 Å². The minimum Gasteiger partial charge on any atom is -0.490 e. The van der Waals surface area contributed by atoms with Crippen molar-refractivity contribution < 1.29 is 14.6 Å². The van der Waals surface area contributed by atoms with Crippen molar-refractivity contribution in [1.29, 1.82) is 0 Å². The van der Waals surface area contributed by atoms with Crippen LogP contribution >= 0.6 is 0 Å². The maximum Gasteiger partial charge on any atom is 0.161 e. The smallest absolute Gasteiger partial charge is 0.161 e. The summed E-state index contributed by atoms with van der Waals surface area (Å²) in [7, 11) is 0. The Morgan fingerprint density at radius 3 is 2.35 bits per heavy atom. The summed E-state index contributed by atoms with van der Waals surface area (Å²) in [6, 6.07) is 7.70. The van der Waals surface area contributed by atoms with Crippen molar-refractivity contribution >= 4 is 0 Å². The van der Waals surface area contributed by atoms with Crippen LogP contribution in [0.15, 0.2) is 24.3 Å². The van der Waals surface area contributed by atoms with Crippen molar-refractivity contribution in [3.8, 4) is 11.5 Å². The van der Waals surface area contributed by atoms with E-state index in [2.05, 4.69) is 19.2 Å². The third-order valence-corrected chi connectivity index (χ3v) is 3.50. The summed E-state index contributed by atoms with van der Waals surface area (Å²) in [5.74, 6) is 1.56. The molecular weight excluding hydrogens is 254 g/mol. The van der Waals surface area contributed by atoms with Gasteiger partial charge in [0.2, 0.25) is 0 Å². The van der Waals surface area contributed by atoms with Gasteiger partial charge >= 0.3 is 0 Å². The lowest BCUT2D eigenvalue weighted by Crippen LogP contribution is -2.44. The van der Waals surface area contributed by atoms with E-state index < -0.39 is 0 Å². The molecule has 1 rings (SSSR count). The van der Waals surface area contributed by atoms with E-state index in [1.807, 2.05) is 31.2 Å². The lowest BCUT2D eigenvalue weighted by Gasteiger charge is -2.29. The second kappa shape index (κ2) is 8.82. The van der Waals surface area contributed by atoms with Crippen molar-refractivity contribution in [3.05, 3.63) is 24.3 Å². The van der Waals surface area contributed by atoms with Crippen LogP contribution in [0.5, 0.6) is 11.5 Å². The number of hydrogen-bond donors (Lipinski definition) is 2. The molecule has 0 fully saturated rings. The molecule has 0 bridgehead atoms. The predicted octanol–water partition coefficient (Wildman–Crippen LogP) is 2.60. The first kappa shape index (κ1) is 16.8. The quantitative estimate of drug-likeness (QED) is 0.647. The van der Waals surface area contributed by atoms with Gasteiger partial charge in [-0.3, -0.25) is 0 Å². The van der Waals surface area contributed by atoms with Crippen LogP contribution in [-0.2, 0) is 0 Å². The normalized spacial score (nSPS) is 13.8. The van der Waals surface area contributed by atoms with Gasteiger partial charge in [0.05, 0.1) is 6.61 Å². The molecule has 0 saturated heterocycles. The highest BCUT2D eigenvalue weighted by Gasteiger charge is 2.19. The molecule has 1 unspecified atom stereocenters. The van der Waals surface area contributed by atoms with Gasteiger partial charge in [-0.05, 0) is 38.8 Å². The van der Waals surface area contributed by atoms with Crippen LogP contribution in [-0.4, -0.2) is 37.0 Å². The Morgan fingerprint density at radius 1 is 1.15 bits per heavy atom. The summed E-state index contributed by atoms with van der Waals surface area (Å²) in [6.07, 6.45) is 1.72. The van der Waals surface area contributed by atoms with Crippen LogP contribution in [0.4, 0.5) is 0 Å². The second-order valence-electron chi connectivity index (χ2n) is 5.04. The molecule has 1 aromatic carbocycles. The summed E-state index contributed by atoms with van der Waals surface area (Å²) < 4.78 is 11.3. The summed E-state index contributed by atoms with van der Waals surface area (Å²) in [4.78, 5) is 0. The number of rotatable bonds is 10. The van der Waals surface area contributed by atoms with Crippen LogP contribution in [0.3, 0.4) is 0 Å². The molecule has 4 heteroatoms. The molecule has 2 N–H and O–H groups in total. The molecule has 0 spiro atoms. The molecule has 4 nitrogen and oxygen atoms in total. The number of para-hydroxylation sites is 2. The zero-order chi connectivity index (χ0) is 14.8. The van der Waals surface area contributed by atoms with Crippen molar-refractivity contribution in [1.82, 2.24) is 5.32 Å². The Labute approximate surface area is 122 Å². The molecule has 1 aromatic rings. The first-order valence-electron chi connectivity index (χ1n) is 7.35. The molecule has 0 aliphatic carbocycles. The van der Waals surface area contributed by atoms with Crippen LogP contribution < -0.4 is 14.8 Å². The van der Waals surface area contributed by atoms with E-state index in [0.29, 0.717) is 13.2 Å². The van der Waals surface area contributed by atoms with Gasteiger partial charge in [0.15, 0.2) is 11.5 Å². The average molecular weight is 281 g/mol. The standard InChI is InChI=1S/C16H27NO3/c1-4-16(3,10-12-18)17-11-13-20-15-9-7-6-8-14(15)19-5-2/h6-9,17-18H,4-5,10-13H2,1-3H3. The molecule has 0 saturated carbocycles. The third kappa shape index (κ3) is 5.39. The Hall–Kier alpha value is -1.26. The lowest BCUT2D eigenvalue weighted by molar-refractivity contribution is 0.203. The van der Waals surface area contributed by atoms with Gasteiger partial charge in [-0.2, -0.15) is 0 Å². The molecule has 0 radical (unpaired) electrons. The number of ether oxygens (including phenoxy) is 2. The van der Waals surface area contributed by atoms with Crippen molar-refractivity contribution in [2.24, 2.45) is 0 Å². The Kier molecular flexibility index (Phi) is 7.41. The van der Waals surface area contributed by atoms with E-state index in [1.54, 1.807) is 0 Å². The number of benzene rings is 1. The minimum absolute atomic E-state index is 0.0302. The maximum atomic E-state index is 9.08. The minimum atomic E-state index is -0.0302. The number of aliphatic hydroxyl groups excluding tert-OH is 1. The van der Waals surface area contributed by atoms with Gasteiger partial charge < -0.3 is 19.9 Å². The zero-order valence-electron chi connectivity index (χ0n) is 12.8. The highest BCUT2D eigenvalue weighted by atomic mass is 16.5. The van der Waals surface area contributed by atoms with E-state index in [9.17, 15) is 0 Å². The molecule has 0 aromatic heterocycles. The van der Waals surface area contributed by atoms with E-state index in [0.717, 1.165) is 30.9 Å². The summed E-state index contributed by atoms with van der Waals surface area (Å²) in [6.45, 7) is 8.34. The van der Waals surface area contributed by atoms with Gasteiger partial charge in [-0.15, -0.1) is 0 Å². The van der Waals surface area contributed by atoms with Gasteiger partial charge in [-0.1, -0.05) is 19.1 Å². The third-order valence-electron chi connectivity index (χ3n) is 3.50. The molecule has 0 heterocycles. The van der Waals surface area contributed by atoms with Crippen molar-refractivity contribution in [3.63, 3.8) is 0 Å². The zero-order valence-corrected chi connectivity index (χ0v) is 12.8. The van der Waals surface area contributed by atoms with Crippen LogP contribution in [0.25, 0.3) is 0 Å². The van der Waals surface area contributed by atoms with E-state index >= 15 is 0 Å². The number of aliphatic hydroxyl groups is 1. The van der Waals surface area contributed by atoms with Crippen molar-refractivity contribution in [2.75, 3.05) is 26.4 Å². The monoisotopic (exact) mass is 281 g/mol. The second-order valence-corrected chi connectivity index (χ2v) is 5.04. The number of hydrogen-bond acceptors (Lipinski definition) is 4. The Balaban J connectivity index is 2.41. The first-order valence-corrected chi connectivity index (χ1v) is 7.35. The molecule has 114 valence electrons. The van der Waals surface area contributed by atoms with Crippen LogP contribution in [0.1, 0.15) is 33.6 Å². The molecule has 0 aliphatic heterocycles. The SMILES string of the molecule is CCOc1ccccc1OCCNC(C)(CC)CCO. The molecule has 20 heavy (non-hydrogen) atoms. The first-order chi connectivity index (χ1) is 9.65. The van der Waals surface area contributed by atoms with Gasteiger partial charge in [0, 0.05) is 18.7 Å². The summed E-state index contributed by atoms with van der Waals surface area (Å²) >= 11 is 0. The molecule has 0 aliphatic rings. The van der Waals surface area contributed by atoms with Gasteiger partial charge in [-0.25, -0.2) is 0 Å². The van der Waals surface area contributed by atoms with Crippen molar-refractivity contribution in [2.45, 2.75) is 39.2 Å². The Bertz CT molecular complexity index is 384. The fourth-order valence-corrected chi connectivity index (χ4v) is 1.99. The Morgan fingerprint density at radius 2 is 1.80 bits per heavy atom. The topological polar surface area (TPSA) is 50.7 Å². The van der Waals surface area contributed by atoms with E-state index in [4.69, 9.17) is 14.6 Å². The fourth-order valence-electron chi connectivity index (χ4n) is 1.99. The highest BCUT2D eigenvalue weighted by molar-refractivity contribution is 5.39. The van der Waals surface area contributed by atoms with E-state index in [-0.39, 0.29) is 12.1 Å². The summed E-state index contributed by atoms with van der Waals surface area (Å²) in [5.41, 5.74) is -0.0302. The predicted molar refractivity (Wildman–Crippen MR) is 81.5 cm³/mol.